The Balaban J connectivity index is 1.54. The number of imide groups is 1. The number of nitrogens with zero attached hydrogens (tertiary/aromatic N) is 4. The molecule has 0 saturated carbocycles. The summed E-state index contributed by atoms with van der Waals surface area (Å²) in [5.41, 5.74) is 5.55. The lowest BCUT2D eigenvalue weighted by Crippen LogP contribution is -2.63. The molecule has 0 aliphatic carbocycles. The number of carbonyl (C=O) groups excluding carboxylic acids is 10. The number of para-hydroxylation sites is 1. The van der Waals surface area contributed by atoms with E-state index in [1.165, 1.54) is 49.0 Å². The summed E-state index contributed by atoms with van der Waals surface area (Å²) in [4.78, 5) is 160. The van der Waals surface area contributed by atoms with Crippen molar-refractivity contribution in [3.8, 4) is 0 Å². The Morgan fingerprint density at radius 3 is 1.93 bits per heavy atom. The van der Waals surface area contributed by atoms with Gasteiger partial charge in [0.05, 0.1) is 6.04 Å². The molecule has 1 aliphatic rings. The van der Waals surface area contributed by atoms with Gasteiger partial charge in [-0.3, -0.25) is 53.0 Å². The van der Waals surface area contributed by atoms with Crippen molar-refractivity contribution in [1.29, 1.82) is 0 Å². The third kappa shape index (κ3) is 20.8. The Morgan fingerprint density at radius 2 is 1.36 bits per heavy atom. The molecule has 2 heterocycles. The number of rotatable bonds is 33. The molecular weight excluding hydrogens is 1160 g/mol. The number of carboxylic acids is 2. The normalized spacial score (nSPS) is 14.7. The minimum absolute atomic E-state index is 0.0630. The van der Waals surface area contributed by atoms with E-state index in [-0.39, 0.29) is 68.7 Å². The predicted molar refractivity (Wildman–Crippen MR) is 336 cm³/mol. The summed E-state index contributed by atoms with van der Waals surface area (Å²) in [6.07, 6.45) is 5.91. The number of amides is 11. The summed E-state index contributed by atoms with van der Waals surface area (Å²) >= 11 is 0. The van der Waals surface area contributed by atoms with Crippen molar-refractivity contribution < 1.29 is 72.5 Å². The molecule has 3 aromatic rings. The topological polar surface area (TPSA) is 367 Å². The summed E-state index contributed by atoms with van der Waals surface area (Å²) in [5.74, 6) is -7.75. The van der Waals surface area contributed by atoms with Gasteiger partial charge in [-0.25, -0.2) is 14.4 Å². The first-order valence-corrected chi connectivity index (χ1v) is 30.1. The Bertz CT molecular complexity index is 3160. The van der Waals surface area contributed by atoms with Gasteiger partial charge in [-0.2, -0.15) is 0 Å². The molecule has 6 unspecified atom stereocenters. The number of benzene rings is 2. The molecule has 6 atom stereocenters. The van der Waals surface area contributed by atoms with Crippen LogP contribution in [0, 0.1) is 17.3 Å². The standard InChI is InChI=1S/C64H91N11O15/c1-37(2)47(34-39(5)55(81)69-45(60(86)87)28-31-51(79)80)73(12)59(85)53(63(6,7)8)71-58(84)54(64(9,10)43-35-72(11)46-22-17-16-20-42(43)46)74(13)62(89)90-36-40-24-26-41(27-25-40)67-56(82)44(21-19-32-66-61(65)88)68-57(83)52(38(3)4)70-48(76)23-15-14-18-33-75-49(77)29-30-50(75)78/h16-17,20,22,24-27,29-30,34-35,37-38,44-45,47,52-54H,14-15,18-19,21,23,28,31-33,36H2,1-13H3,(H,67,82)(H,68,83)(H,69,81)(H,70,76)(H,71,84)(H,79,80)(H,86,87)(H3,65,66,88)/b39-34+. The molecule has 1 aromatic heterocycles. The Hall–Kier alpha value is -9.10. The monoisotopic (exact) mass is 1250 g/mol. The third-order valence-electron chi connectivity index (χ3n) is 15.7. The van der Waals surface area contributed by atoms with Crippen LogP contribution >= 0.6 is 0 Å². The molecular formula is C64H91N11O15. The third-order valence-corrected chi connectivity index (χ3v) is 15.7. The van der Waals surface area contributed by atoms with E-state index in [0.29, 0.717) is 36.1 Å². The molecule has 1 aliphatic heterocycles. The summed E-state index contributed by atoms with van der Waals surface area (Å²) in [5, 5.41) is 35.7. The summed E-state index contributed by atoms with van der Waals surface area (Å²) in [6.45, 7) is 17.5. The summed E-state index contributed by atoms with van der Waals surface area (Å²) in [7, 11) is 4.80. The van der Waals surface area contributed by atoms with Gasteiger partial charge >= 0.3 is 24.1 Å². The van der Waals surface area contributed by atoms with Gasteiger partial charge < -0.3 is 62.1 Å². The fourth-order valence-electron chi connectivity index (χ4n) is 10.6. The van der Waals surface area contributed by atoms with Crippen LogP contribution in [0.25, 0.3) is 10.9 Å². The lowest BCUT2D eigenvalue weighted by Gasteiger charge is -2.42. The highest BCUT2D eigenvalue weighted by atomic mass is 16.6. The molecule has 0 bridgehead atoms. The fraction of sp³-hybridized carbons (Fsp3) is 0.531. The zero-order valence-corrected chi connectivity index (χ0v) is 53.9. The van der Waals surface area contributed by atoms with Gasteiger partial charge in [-0.1, -0.05) is 105 Å². The molecule has 26 heteroatoms. The van der Waals surface area contributed by atoms with Crippen molar-refractivity contribution in [2.75, 3.05) is 32.5 Å². The zero-order valence-electron chi connectivity index (χ0n) is 53.9. The molecule has 10 N–H and O–H groups in total. The number of carboxylic acid groups (broad SMARTS) is 2. The number of anilines is 1. The molecule has 11 amide bonds. The number of urea groups is 1. The molecule has 2 aromatic carbocycles. The van der Waals surface area contributed by atoms with Crippen LogP contribution in [0.3, 0.4) is 0 Å². The lowest BCUT2D eigenvalue weighted by atomic mass is 9.76. The van der Waals surface area contributed by atoms with Crippen LogP contribution in [-0.2, 0) is 71.8 Å². The number of ether oxygens (including phenoxy) is 1. The second-order valence-electron chi connectivity index (χ2n) is 25.0. The predicted octanol–water partition coefficient (Wildman–Crippen LogP) is 4.99. The van der Waals surface area contributed by atoms with Crippen LogP contribution < -0.4 is 37.6 Å². The molecule has 26 nitrogen and oxygen atoms in total. The molecule has 90 heavy (non-hydrogen) atoms. The van der Waals surface area contributed by atoms with Crippen LogP contribution in [0.4, 0.5) is 15.3 Å². The van der Waals surface area contributed by atoms with Crippen molar-refractivity contribution in [1.82, 2.24) is 45.9 Å². The van der Waals surface area contributed by atoms with E-state index in [0.717, 1.165) is 15.8 Å². The second kappa shape index (κ2) is 32.9. The number of nitrogens with one attached hydrogen (secondary N) is 6. The van der Waals surface area contributed by atoms with E-state index in [1.807, 2.05) is 69.8 Å². The first kappa shape index (κ1) is 73.4. The second-order valence-corrected chi connectivity index (χ2v) is 25.0. The number of likely N-dealkylation sites (N-methyl/N-ethyl adjacent to an activating group) is 2. The van der Waals surface area contributed by atoms with Gasteiger partial charge in [0.15, 0.2) is 0 Å². The van der Waals surface area contributed by atoms with Crippen LogP contribution in [0.2, 0.25) is 0 Å². The molecule has 492 valence electrons. The molecule has 4 rings (SSSR count). The highest BCUT2D eigenvalue weighted by molar-refractivity contribution is 6.13. The van der Waals surface area contributed by atoms with Crippen molar-refractivity contribution in [3.63, 3.8) is 0 Å². The summed E-state index contributed by atoms with van der Waals surface area (Å²) < 4.78 is 7.79. The first-order valence-electron chi connectivity index (χ1n) is 30.1. The van der Waals surface area contributed by atoms with Crippen LogP contribution in [0.15, 0.2) is 78.5 Å². The Morgan fingerprint density at radius 1 is 0.722 bits per heavy atom. The van der Waals surface area contributed by atoms with Crippen molar-refractivity contribution in [2.24, 2.45) is 30.0 Å². The minimum atomic E-state index is -1.48. The number of nitrogens with two attached hydrogens (primary N) is 1. The van der Waals surface area contributed by atoms with Gasteiger partial charge in [0, 0.05) is 93.0 Å². The van der Waals surface area contributed by atoms with Crippen LogP contribution in [0.1, 0.15) is 132 Å². The maximum absolute atomic E-state index is 15.3. The number of aliphatic carboxylic acids is 2. The fourth-order valence-corrected chi connectivity index (χ4v) is 10.6. The van der Waals surface area contributed by atoms with E-state index >= 15 is 4.79 Å². The maximum Gasteiger partial charge on any atom is 0.410 e. The summed E-state index contributed by atoms with van der Waals surface area (Å²) in [6, 6.07) is 6.15. The van der Waals surface area contributed by atoms with Gasteiger partial charge in [-0.05, 0) is 85.6 Å². The average Bonchev–Trinajstić information content (AvgIpc) is 1.56. The highest BCUT2D eigenvalue weighted by Gasteiger charge is 2.47. The van der Waals surface area contributed by atoms with Gasteiger partial charge in [0.2, 0.25) is 35.4 Å². The smallest absolute Gasteiger partial charge is 0.410 e. The van der Waals surface area contributed by atoms with Gasteiger partial charge in [0.25, 0.3) is 11.8 Å². The lowest BCUT2D eigenvalue weighted by molar-refractivity contribution is -0.142. The number of aryl methyl sites for hydroxylation is 1. The average molecular weight is 1250 g/mol. The zero-order chi connectivity index (χ0) is 67.5. The minimum Gasteiger partial charge on any atom is -0.481 e. The molecule has 0 fully saturated rings. The largest absolute Gasteiger partial charge is 0.481 e. The number of primary amides is 1. The van der Waals surface area contributed by atoms with Crippen LogP contribution in [-0.4, -0.2) is 164 Å². The highest BCUT2D eigenvalue weighted by Crippen LogP contribution is 2.37. The van der Waals surface area contributed by atoms with Crippen molar-refractivity contribution in [2.45, 2.75) is 169 Å². The van der Waals surface area contributed by atoms with Gasteiger partial charge in [0.1, 0.15) is 36.8 Å². The Kier molecular flexibility index (Phi) is 26.8. The Labute approximate surface area is 525 Å². The van der Waals surface area contributed by atoms with E-state index in [9.17, 15) is 57.8 Å². The maximum atomic E-state index is 15.3. The number of unbranched alkanes of at least 4 members (excludes halogenated alkanes) is 2. The van der Waals surface area contributed by atoms with Crippen molar-refractivity contribution in [3.05, 3.63) is 89.7 Å². The van der Waals surface area contributed by atoms with Gasteiger partial charge in [-0.15, -0.1) is 0 Å². The molecule has 0 radical (unpaired) electrons. The number of carbonyl (C=O) groups is 12. The number of hydrogen-bond donors (Lipinski definition) is 9. The van der Waals surface area contributed by atoms with Crippen molar-refractivity contribution >= 4 is 87.9 Å². The van der Waals surface area contributed by atoms with E-state index in [4.69, 9.17) is 15.6 Å². The number of fused-ring (bicyclic) bond motifs is 1. The molecule has 0 spiro atoms. The van der Waals surface area contributed by atoms with E-state index in [1.54, 1.807) is 58.9 Å². The van der Waals surface area contributed by atoms with E-state index < -0.39 is 119 Å². The van der Waals surface area contributed by atoms with E-state index in [2.05, 4.69) is 31.9 Å². The quantitative estimate of drug-likeness (QED) is 0.0220. The SMILES string of the molecule is C/C(=C\C(C(C)C)N(C)C(=O)C(NC(=O)C(N(C)C(=O)OCc1ccc(NC(=O)C(CCCNC(N)=O)NC(=O)C(NC(=O)CCCCCN2C(=O)C=CC2=O)C(C)C)cc1)C(C)(C)c1cn(C)c2ccccc12)C(C)(C)C)C(=O)NC(CCC(=O)O)C(=O)O. The number of aromatic nitrogens is 1. The first-order chi connectivity index (χ1) is 42.1. The number of hydrogen-bond acceptors (Lipinski definition) is 13. The van der Waals surface area contributed by atoms with Crippen LogP contribution in [0.5, 0.6) is 0 Å². The molecule has 0 saturated heterocycles.